The molecule has 0 aliphatic carbocycles. The highest BCUT2D eigenvalue weighted by molar-refractivity contribution is 6.05. The number of H-pyrrole nitrogens is 1. The first kappa shape index (κ1) is 30.4. The van der Waals surface area contributed by atoms with Crippen LogP contribution in [-0.4, -0.2) is 40.7 Å². The van der Waals surface area contributed by atoms with E-state index < -0.39 is 42.6 Å². The molecule has 0 fully saturated rings. The summed E-state index contributed by atoms with van der Waals surface area (Å²) in [4.78, 5) is 47.0. The van der Waals surface area contributed by atoms with Crippen LogP contribution in [0, 0.1) is 6.57 Å². The van der Waals surface area contributed by atoms with Gasteiger partial charge >= 0.3 is 6.18 Å². The van der Waals surface area contributed by atoms with E-state index >= 15 is 0 Å². The number of alkyl halides is 3. The van der Waals surface area contributed by atoms with Crippen molar-refractivity contribution >= 4 is 45.7 Å². The molecular weight excluding hydrogens is 587 g/mol. The number of nitrogens with one attached hydrogen (secondary N) is 3. The van der Waals surface area contributed by atoms with Gasteiger partial charge in [0.1, 0.15) is 30.3 Å². The SMILES string of the molecule is [C-]#[N+]c1cccc2cc(C(=O)N(CC(=O)Nc3ccccc3)CC(=O)Nc3ccc(Oc4ccc(C(F)(F)F)cc4)cc3)[nH]c12. The zero-order chi connectivity index (χ0) is 32.0. The number of amides is 3. The summed E-state index contributed by atoms with van der Waals surface area (Å²) in [5.74, 6) is -1.22. The van der Waals surface area contributed by atoms with Crippen molar-refractivity contribution in [1.82, 2.24) is 9.88 Å². The smallest absolute Gasteiger partial charge is 0.416 e. The minimum atomic E-state index is -4.46. The van der Waals surface area contributed by atoms with Crippen LogP contribution in [0.3, 0.4) is 0 Å². The summed E-state index contributed by atoms with van der Waals surface area (Å²) in [5.41, 5.74) is 0.969. The molecule has 45 heavy (non-hydrogen) atoms. The summed E-state index contributed by atoms with van der Waals surface area (Å²) in [6.07, 6.45) is -4.46. The number of fused-ring (bicyclic) bond motifs is 1. The van der Waals surface area contributed by atoms with Gasteiger partial charge in [0.2, 0.25) is 17.5 Å². The molecule has 9 nitrogen and oxygen atoms in total. The van der Waals surface area contributed by atoms with Crippen LogP contribution in [0.2, 0.25) is 0 Å². The molecule has 3 N–H and O–H groups in total. The first-order valence-electron chi connectivity index (χ1n) is 13.5. The lowest BCUT2D eigenvalue weighted by Crippen LogP contribution is -2.42. The highest BCUT2D eigenvalue weighted by Crippen LogP contribution is 2.32. The maximum absolute atomic E-state index is 13.6. The number of hydrogen-bond donors (Lipinski definition) is 3. The van der Waals surface area contributed by atoms with E-state index in [1.54, 1.807) is 54.6 Å². The Morgan fingerprint density at radius 1 is 0.778 bits per heavy atom. The molecule has 3 amide bonds. The first-order chi connectivity index (χ1) is 21.6. The minimum Gasteiger partial charge on any atom is -0.457 e. The van der Waals surface area contributed by atoms with Crippen LogP contribution >= 0.6 is 0 Å². The van der Waals surface area contributed by atoms with Gasteiger partial charge in [-0.25, -0.2) is 4.85 Å². The maximum atomic E-state index is 13.6. The van der Waals surface area contributed by atoms with E-state index in [2.05, 4.69) is 20.5 Å². The lowest BCUT2D eigenvalue weighted by molar-refractivity contribution is -0.137. The molecule has 226 valence electrons. The van der Waals surface area contributed by atoms with Gasteiger partial charge in [0.15, 0.2) is 0 Å². The molecule has 0 atom stereocenters. The second-order valence-electron chi connectivity index (χ2n) is 9.81. The predicted octanol–water partition coefficient (Wildman–Crippen LogP) is 7.25. The fraction of sp³-hybridized carbons (Fsp3) is 0.0909. The number of carbonyl (C=O) groups is 3. The molecule has 1 aromatic heterocycles. The van der Waals surface area contributed by atoms with Gasteiger partial charge in [-0.1, -0.05) is 36.4 Å². The third-order valence-corrected chi connectivity index (χ3v) is 6.55. The number of aromatic nitrogens is 1. The average Bonchev–Trinajstić information content (AvgIpc) is 3.46. The van der Waals surface area contributed by atoms with Crippen LogP contribution in [0.25, 0.3) is 15.7 Å². The molecule has 0 saturated carbocycles. The molecule has 0 unspecified atom stereocenters. The van der Waals surface area contributed by atoms with Crippen molar-refractivity contribution in [3.63, 3.8) is 0 Å². The zero-order valence-corrected chi connectivity index (χ0v) is 23.4. The summed E-state index contributed by atoms with van der Waals surface area (Å²) in [5, 5.41) is 5.99. The maximum Gasteiger partial charge on any atom is 0.416 e. The number of halogens is 3. The summed E-state index contributed by atoms with van der Waals surface area (Å²) in [7, 11) is 0. The Hall–Kier alpha value is -6.09. The Morgan fingerprint density at radius 2 is 1.36 bits per heavy atom. The third kappa shape index (κ3) is 7.66. The molecule has 1 heterocycles. The highest BCUT2D eigenvalue weighted by Gasteiger charge is 2.30. The van der Waals surface area contributed by atoms with Crippen molar-refractivity contribution in [2.24, 2.45) is 0 Å². The number of anilines is 2. The van der Waals surface area contributed by atoms with Crippen LogP contribution in [-0.2, 0) is 15.8 Å². The number of benzene rings is 4. The van der Waals surface area contributed by atoms with Crippen molar-refractivity contribution in [3.05, 3.63) is 126 Å². The fourth-order valence-corrected chi connectivity index (χ4v) is 4.44. The molecule has 12 heteroatoms. The molecule has 0 spiro atoms. The van der Waals surface area contributed by atoms with Gasteiger partial charge in [-0.15, -0.1) is 0 Å². The van der Waals surface area contributed by atoms with Gasteiger partial charge in [-0.3, -0.25) is 14.4 Å². The van der Waals surface area contributed by atoms with E-state index in [1.165, 1.54) is 36.4 Å². The van der Waals surface area contributed by atoms with Gasteiger partial charge < -0.3 is 25.3 Å². The van der Waals surface area contributed by atoms with Crippen molar-refractivity contribution < 1.29 is 32.3 Å². The predicted molar refractivity (Wildman–Crippen MR) is 162 cm³/mol. The van der Waals surface area contributed by atoms with Crippen molar-refractivity contribution in [3.8, 4) is 11.5 Å². The monoisotopic (exact) mass is 611 g/mol. The van der Waals surface area contributed by atoms with Crippen LogP contribution in [0.4, 0.5) is 30.2 Å². The highest BCUT2D eigenvalue weighted by atomic mass is 19.4. The second-order valence-corrected chi connectivity index (χ2v) is 9.81. The minimum absolute atomic E-state index is 0.103. The van der Waals surface area contributed by atoms with Crippen LogP contribution in [0.5, 0.6) is 11.5 Å². The molecule has 4 aromatic carbocycles. The standard InChI is InChI=1S/C33H24F3N5O4/c1-37-27-9-5-6-21-18-28(40-31(21)27)32(44)41(19-29(42)38-23-7-3-2-4-8-23)20-30(43)39-24-12-16-26(17-13-24)45-25-14-10-22(11-15-25)33(34,35)36/h2-18,40H,19-20H2,(H,38,42)(H,39,43). The van der Waals surface area contributed by atoms with E-state index in [4.69, 9.17) is 11.3 Å². The van der Waals surface area contributed by atoms with E-state index in [9.17, 15) is 27.6 Å². The largest absolute Gasteiger partial charge is 0.457 e. The zero-order valence-electron chi connectivity index (χ0n) is 23.4. The Labute approximate surface area is 255 Å². The molecule has 0 aliphatic rings. The molecular formula is C33H24F3N5O4. The number of para-hydroxylation sites is 2. The number of rotatable bonds is 9. The number of carbonyl (C=O) groups excluding carboxylic acids is 3. The Morgan fingerprint density at radius 3 is 1.93 bits per heavy atom. The lowest BCUT2D eigenvalue weighted by Gasteiger charge is -2.21. The van der Waals surface area contributed by atoms with Crippen molar-refractivity contribution in [2.75, 3.05) is 23.7 Å². The second kappa shape index (κ2) is 13.0. The summed E-state index contributed by atoms with van der Waals surface area (Å²) in [6.45, 7) is 6.47. The summed E-state index contributed by atoms with van der Waals surface area (Å²) in [6, 6.07) is 25.5. The van der Waals surface area contributed by atoms with Crippen LogP contribution in [0.1, 0.15) is 16.1 Å². The normalized spacial score (nSPS) is 11.0. The van der Waals surface area contributed by atoms with Gasteiger partial charge in [0.25, 0.3) is 5.91 Å². The van der Waals surface area contributed by atoms with Crippen molar-refractivity contribution in [1.29, 1.82) is 0 Å². The first-order valence-corrected chi connectivity index (χ1v) is 13.5. The fourth-order valence-electron chi connectivity index (χ4n) is 4.44. The van der Waals surface area contributed by atoms with Crippen molar-refractivity contribution in [2.45, 2.75) is 6.18 Å². The Bertz CT molecular complexity index is 1880. The summed E-state index contributed by atoms with van der Waals surface area (Å²) < 4.78 is 44.0. The Balaban J connectivity index is 1.28. The number of ether oxygens (including phenoxy) is 1. The molecule has 0 aliphatic heterocycles. The topological polar surface area (TPSA) is 108 Å². The van der Waals surface area contributed by atoms with Crippen LogP contribution in [0.15, 0.2) is 103 Å². The van der Waals surface area contributed by atoms with Gasteiger partial charge in [0, 0.05) is 11.4 Å². The van der Waals surface area contributed by atoms with E-state index in [1.807, 2.05) is 0 Å². The molecule has 0 saturated heterocycles. The number of hydrogen-bond acceptors (Lipinski definition) is 4. The average molecular weight is 612 g/mol. The van der Waals surface area contributed by atoms with Gasteiger partial charge in [-0.2, -0.15) is 13.2 Å². The number of aromatic amines is 1. The lowest BCUT2D eigenvalue weighted by atomic mass is 10.2. The molecule has 5 aromatic rings. The van der Waals surface area contributed by atoms with Crippen LogP contribution < -0.4 is 15.4 Å². The third-order valence-electron chi connectivity index (χ3n) is 6.55. The van der Waals surface area contributed by atoms with Gasteiger partial charge in [-0.05, 0) is 72.1 Å². The quantitative estimate of drug-likeness (QED) is 0.153. The van der Waals surface area contributed by atoms with Gasteiger partial charge in [0.05, 0.1) is 17.7 Å². The number of nitrogens with zero attached hydrogens (tertiary/aromatic N) is 2. The summed E-state index contributed by atoms with van der Waals surface area (Å²) >= 11 is 0. The molecule has 0 radical (unpaired) electrons. The van der Waals surface area contributed by atoms with E-state index in [0.717, 1.165) is 17.0 Å². The molecule has 5 rings (SSSR count). The molecule has 0 bridgehead atoms. The van der Waals surface area contributed by atoms with E-state index in [0.29, 0.717) is 33.7 Å². The Kier molecular flexibility index (Phi) is 8.81. The van der Waals surface area contributed by atoms with E-state index in [-0.39, 0.29) is 11.4 Å².